The summed E-state index contributed by atoms with van der Waals surface area (Å²) in [6.45, 7) is 4.28. The fourth-order valence-electron chi connectivity index (χ4n) is 2.87. The first-order chi connectivity index (χ1) is 15.0. The molecule has 0 spiro atoms. The lowest BCUT2D eigenvalue weighted by atomic mass is 10.1. The molecular formula is C25H25ClN2O3. The highest BCUT2D eigenvalue weighted by atomic mass is 35.5. The maximum atomic E-state index is 12.7. The molecule has 0 fully saturated rings. The summed E-state index contributed by atoms with van der Waals surface area (Å²) < 4.78 is 5.75. The van der Waals surface area contributed by atoms with Crippen LogP contribution in [0.5, 0.6) is 5.75 Å². The van der Waals surface area contributed by atoms with Crippen molar-refractivity contribution in [1.29, 1.82) is 0 Å². The highest BCUT2D eigenvalue weighted by Gasteiger charge is 2.15. The number of para-hydroxylation sites is 1. The molecule has 3 rings (SSSR count). The van der Waals surface area contributed by atoms with Gasteiger partial charge in [0.25, 0.3) is 11.8 Å². The summed E-state index contributed by atoms with van der Waals surface area (Å²) in [6, 6.07) is 21.3. The second-order valence-corrected chi connectivity index (χ2v) is 7.59. The lowest BCUT2D eigenvalue weighted by Crippen LogP contribution is -2.32. The summed E-state index contributed by atoms with van der Waals surface area (Å²) in [7, 11) is 0. The number of carbonyl (C=O) groups excluding carboxylic acids is 2. The molecule has 0 saturated heterocycles. The maximum absolute atomic E-state index is 12.7. The van der Waals surface area contributed by atoms with Crippen LogP contribution in [-0.2, 0) is 6.61 Å². The monoisotopic (exact) mass is 436 g/mol. The number of ether oxygens (including phenoxy) is 1. The first kappa shape index (κ1) is 22.4. The molecule has 0 aliphatic heterocycles. The van der Waals surface area contributed by atoms with Crippen molar-refractivity contribution in [2.24, 2.45) is 0 Å². The molecule has 0 heterocycles. The Bertz CT molecular complexity index is 1050. The number of amides is 2. The van der Waals surface area contributed by atoms with Gasteiger partial charge in [-0.25, -0.2) is 0 Å². The molecule has 2 amide bonds. The lowest BCUT2D eigenvalue weighted by molar-refractivity contribution is 0.0940. The molecule has 3 aromatic carbocycles. The van der Waals surface area contributed by atoms with Crippen LogP contribution in [0.15, 0.2) is 72.8 Å². The van der Waals surface area contributed by atoms with E-state index in [0.29, 0.717) is 34.2 Å². The van der Waals surface area contributed by atoms with Crippen molar-refractivity contribution in [2.75, 3.05) is 5.32 Å². The molecule has 2 N–H and O–H groups in total. The molecule has 0 radical (unpaired) electrons. The Labute approximate surface area is 187 Å². The number of benzene rings is 3. The Kier molecular flexibility index (Phi) is 7.68. The second kappa shape index (κ2) is 10.6. The summed E-state index contributed by atoms with van der Waals surface area (Å²) in [5.41, 5.74) is 2.24. The van der Waals surface area contributed by atoms with Crippen molar-refractivity contribution < 1.29 is 14.3 Å². The van der Waals surface area contributed by atoms with Crippen molar-refractivity contribution in [2.45, 2.75) is 32.9 Å². The van der Waals surface area contributed by atoms with Gasteiger partial charge in [-0.15, -0.1) is 0 Å². The SMILES string of the molecule is CCC(C)NC(=O)c1ccccc1NC(=O)c1ccc(OCc2ccccc2Cl)cc1. The zero-order valence-electron chi connectivity index (χ0n) is 17.5. The lowest BCUT2D eigenvalue weighted by Gasteiger charge is -2.15. The first-order valence-electron chi connectivity index (χ1n) is 10.2. The highest BCUT2D eigenvalue weighted by Crippen LogP contribution is 2.20. The molecule has 0 aliphatic carbocycles. The maximum Gasteiger partial charge on any atom is 0.255 e. The average Bonchev–Trinajstić information content (AvgIpc) is 2.79. The fraction of sp³-hybridized carbons (Fsp3) is 0.200. The van der Waals surface area contributed by atoms with Gasteiger partial charge in [0.1, 0.15) is 12.4 Å². The van der Waals surface area contributed by atoms with E-state index in [1.807, 2.05) is 38.1 Å². The number of hydrogen-bond acceptors (Lipinski definition) is 3. The van der Waals surface area contributed by atoms with E-state index >= 15 is 0 Å². The Morgan fingerprint density at radius 3 is 2.32 bits per heavy atom. The van der Waals surface area contributed by atoms with E-state index in [1.54, 1.807) is 48.5 Å². The summed E-state index contributed by atoms with van der Waals surface area (Å²) in [5, 5.41) is 6.40. The van der Waals surface area contributed by atoms with Gasteiger partial charge in [0.15, 0.2) is 0 Å². The first-order valence-corrected chi connectivity index (χ1v) is 10.5. The molecule has 0 aromatic heterocycles. The van der Waals surface area contributed by atoms with Crippen molar-refractivity contribution >= 4 is 29.1 Å². The largest absolute Gasteiger partial charge is 0.489 e. The zero-order valence-corrected chi connectivity index (χ0v) is 18.3. The number of carbonyl (C=O) groups is 2. The normalized spacial score (nSPS) is 11.5. The van der Waals surface area contributed by atoms with Crippen LogP contribution in [0.1, 0.15) is 46.5 Å². The minimum atomic E-state index is -0.304. The predicted octanol–water partition coefficient (Wildman–Crippen LogP) is 5.70. The molecule has 3 aromatic rings. The summed E-state index contributed by atoms with van der Waals surface area (Å²) >= 11 is 6.14. The number of anilines is 1. The molecule has 31 heavy (non-hydrogen) atoms. The predicted molar refractivity (Wildman–Crippen MR) is 124 cm³/mol. The molecule has 6 heteroatoms. The molecule has 5 nitrogen and oxygen atoms in total. The van der Waals surface area contributed by atoms with Gasteiger partial charge < -0.3 is 15.4 Å². The van der Waals surface area contributed by atoms with Gasteiger partial charge in [-0.2, -0.15) is 0 Å². The number of halogens is 1. The number of nitrogens with one attached hydrogen (secondary N) is 2. The van der Waals surface area contributed by atoms with Crippen molar-refractivity contribution in [3.05, 3.63) is 94.5 Å². The van der Waals surface area contributed by atoms with Crippen molar-refractivity contribution in [1.82, 2.24) is 5.32 Å². The van der Waals surface area contributed by atoms with E-state index in [2.05, 4.69) is 10.6 Å². The van der Waals surface area contributed by atoms with Gasteiger partial charge in [0.2, 0.25) is 0 Å². The second-order valence-electron chi connectivity index (χ2n) is 7.19. The minimum absolute atomic E-state index is 0.0505. The van der Waals surface area contributed by atoms with Crippen LogP contribution < -0.4 is 15.4 Å². The van der Waals surface area contributed by atoms with Crippen LogP contribution in [0, 0.1) is 0 Å². The van der Waals surface area contributed by atoms with Gasteiger partial charge in [0.05, 0.1) is 11.3 Å². The molecule has 0 bridgehead atoms. The Hall–Kier alpha value is -3.31. The third-order valence-electron chi connectivity index (χ3n) is 4.88. The van der Waals surface area contributed by atoms with E-state index in [-0.39, 0.29) is 17.9 Å². The summed E-state index contributed by atoms with van der Waals surface area (Å²) in [5.74, 6) is 0.111. The van der Waals surface area contributed by atoms with Crippen LogP contribution in [0.3, 0.4) is 0 Å². The van der Waals surface area contributed by atoms with Gasteiger partial charge in [-0.1, -0.05) is 48.9 Å². The van der Waals surface area contributed by atoms with Gasteiger partial charge in [0, 0.05) is 22.2 Å². The Morgan fingerprint density at radius 2 is 1.61 bits per heavy atom. The quantitative estimate of drug-likeness (QED) is 0.476. The van der Waals surface area contributed by atoms with Crippen LogP contribution >= 0.6 is 11.6 Å². The fourth-order valence-corrected chi connectivity index (χ4v) is 3.06. The molecule has 0 saturated carbocycles. The topological polar surface area (TPSA) is 67.4 Å². The van der Waals surface area contributed by atoms with E-state index in [1.165, 1.54) is 0 Å². The van der Waals surface area contributed by atoms with Crippen molar-refractivity contribution in [3.63, 3.8) is 0 Å². The van der Waals surface area contributed by atoms with E-state index in [0.717, 1.165) is 12.0 Å². The van der Waals surface area contributed by atoms with E-state index in [9.17, 15) is 9.59 Å². The van der Waals surface area contributed by atoms with Crippen LogP contribution in [0.25, 0.3) is 0 Å². The number of hydrogen-bond donors (Lipinski definition) is 2. The Morgan fingerprint density at radius 1 is 0.935 bits per heavy atom. The molecule has 0 aliphatic rings. The van der Waals surface area contributed by atoms with Gasteiger partial charge >= 0.3 is 0 Å². The molecular weight excluding hydrogens is 412 g/mol. The smallest absolute Gasteiger partial charge is 0.255 e. The minimum Gasteiger partial charge on any atom is -0.489 e. The van der Waals surface area contributed by atoms with Gasteiger partial charge in [-0.05, 0) is 55.8 Å². The summed E-state index contributed by atoms with van der Waals surface area (Å²) in [6.07, 6.45) is 0.825. The third-order valence-corrected chi connectivity index (χ3v) is 5.25. The zero-order chi connectivity index (χ0) is 22.2. The molecule has 160 valence electrons. The summed E-state index contributed by atoms with van der Waals surface area (Å²) in [4.78, 5) is 25.2. The van der Waals surface area contributed by atoms with Crippen LogP contribution in [-0.4, -0.2) is 17.9 Å². The standard InChI is InChI=1S/C25H25ClN2O3/c1-3-17(2)27-25(30)21-9-5-7-11-23(21)28-24(29)18-12-14-20(15-13-18)31-16-19-8-4-6-10-22(19)26/h4-15,17H,3,16H2,1-2H3,(H,27,30)(H,28,29). The average molecular weight is 437 g/mol. The van der Waals surface area contributed by atoms with E-state index in [4.69, 9.17) is 16.3 Å². The van der Waals surface area contributed by atoms with E-state index < -0.39 is 0 Å². The van der Waals surface area contributed by atoms with Crippen LogP contribution in [0.2, 0.25) is 5.02 Å². The van der Waals surface area contributed by atoms with Crippen LogP contribution in [0.4, 0.5) is 5.69 Å². The van der Waals surface area contributed by atoms with Crippen molar-refractivity contribution in [3.8, 4) is 5.75 Å². The molecule has 1 unspecified atom stereocenters. The highest BCUT2D eigenvalue weighted by molar-refractivity contribution is 6.31. The number of rotatable bonds is 8. The Balaban J connectivity index is 1.65. The third kappa shape index (κ3) is 6.09. The molecule has 1 atom stereocenters. The van der Waals surface area contributed by atoms with Gasteiger partial charge in [-0.3, -0.25) is 9.59 Å².